The van der Waals surface area contributed by atoms with Crippen molar-refractivity contribution in [3.8, 4) is 0 Å². The van der Waals surface area contributed by atoms with Gasteiger partial charge < -0.3 is 10.3 Å². The quantitative estimate of drug-likeness (QED) is 0.758. The first-order valence-corrected chi connectivity index (χ1v) is 4.79. The van der Waals surface area contributed by atoms with Crippen molar-refractivity contribution in [1.29, 1.82) is 0 Å². The van der Waals surface area contributed by atoms with Gasteiger partial charge in [0.2, 0.25) is 0 Å². The molecule has 0 aliphatic heterocycles. The first-order chi connectivity index (χ1) is 6.68. The monoisotopic (exact) mass is 205 g/mol. The van der Waals surface area contributed by atoms with Crippen LogP contribution in [-0.2, 0) is 6.54 Å². The molecule has 2 aromatic rings. The molecule has 0 fully saturated rings. The van der Waals surface area contributed by atoms with E-state index >= 15 is 0 Å². The molecule has 1 heterocycles. The highest BCUT2D eigenvalue weighted by molar-refractivity contribution is 7.80. The Kier molecular flexibility index (Phi) is 2.21. The molecule has 0 atom stereocenters. The van der Waals surface area contributed by atoms with E-state index in [4.69, 9.17) is 18.0 Å². The maximum absolute atomic E-state index is 5.53. The summed E-state index contributed by atoms with van der Waals surface area (Å²) in [4.78, 5) is 4.90. The second-order valence-electron chi connectivity index (χ2n) is 3.20. The third-order valence-corrected chi connectivity index (χ3v) is 2.29. The summed E-state index contributed by atoms with van der Waals surface area (Å²) in [6, 6.07) is 7.96. The Balaban J connectivity index is 2.62. The number of hydrogen-bond donors (Lipinski definition) is 1. The van der Waals surface area contributed by atoms with E-state index < -0.39 is 0 Å². The normalized spacial score (nSPS) is 10.6. The standard InChI is InChI=1S/C10H11N3S/c1-7-12-8-4-2-3-5-9(8)13(7)6-10(11)14/h2-5H,6H2,1H3,(H2,11,14). The molecule has 0 aliphatic rings. The number of fused-ring (bicyclic) bond motifs is 1. The van der Waals surface area contributed by atoms with Gasteiger partial charge in [-0.25, -0.2) is 4.98 Å². The molecule has 14 heavy (non-hydrogen) atoms. The minimum atomic E-state index is 0.483. The molecule has 0 spiro atoms. The number of aromatic nitrogens is 2. The molecule has 0 radical (unpaired) electrons. The molecular weight excluding hydrogens is 194 g/mol. The van der Waals surface area contributed by atoms with E-state index in [1.807, 2.05) is 35.8 Å². The maximum Gasteiger partial charge on any atom is 0.107 e. The van der Waals surface area contributed by atoms with Gasteiger partial charge in [0.25, 0.3) is 0 Å². The van der Waals surface area contributed by atoms with Gasteiger partial charge in [0.1, 0.15) is 5.82 Å². The van der Waals surface area contributed by atoms with Crippen LogP contribution in [0.5, 0.6) is 0 Å². The fourth-order valence-electron chi connectivity index (χ4n) is 1.55. The Morgan fingerprint density at radius 3 is 2.93 bits per heavy atom. The van der Waals surface area contributed by atoms with Gasteiger partial charge in [0.05, 0.1) is 22.6 Å². The molecule has 0 amide bonds. The van der Waals surface area contributed by atoms with Crippen molar-refractivity contribution in [2.24, 2.45) is 5.73 Å². The van der Waals surface area contributed by atoms with Crippen molar-refractivity contribution in [2.45, 2.75) is 13.5 Å². The first-order valence-electron chi connectivity index (χ1n) is 4.38. The van der Waals surface area contributed by atoms with Crippen LogP contribution in [0.4, 0.5) is 0 Å². The van der Waals surface area contributed by atoms with Crippen molar-refractivity contribution < 1.29 is 0 Å². The third-order valence-electron chi connectivity index (χ3n) is 2.16. The van der Waals surface area contributed by atoms with Crippen molar-refractivity contribution in [3.63, 3.8) is 0 Å². The van der Waals surface area contributed by atoms with Crippen molar-refractivity contribution in [1.82, 2.24) is 9.55 Å². The molecule has 2 N–H and O–H groups in total. The Morgan fingerprint density at radius 1 is 1.50 bits per heavy atom. The molecule has 0 unspecified atom stereocenters. The van der Waals surface area contributed by atoms with Crippen LogP contribution in [0.15, 0.2) is 24.3 Å². The van der Waals surface area contributed by atoms with Crippen LogP contribution in [0, 0.1) is 6.92 Å². The molecule has 0 bridgehead atoms. The molecule has 1 aromatic carbocycles. The summed E-state index contributed by atoms with van der Waals surface area (Å²) in [6.07, 6.45) is 0. The van der Waals surface area contributed by atoms with Gasteiger partial charge in [-0.3, -0.25) is 0 Å². The average Bonchev–Trinajstić information content (AvgIpc) is 2.43. The first kappa shape index (κ1) is 9.15. The fraction of sp³-hybridized carbons (Fsp3) is 0.200. The largest absolute Gasteiger partial charge is 0.392 e. The number of para-hydroxylation sites is 2. The van der Waals surface area contributed by atoms with E-state index in [0.717, 1.165) is 16.9 Å². The smallest absolute Gasteiger partial charge is 0.107 e. The lowest BCUT2D eigenvalue weighted by atomic mass is 10.3. The van der Waals surface area contributed by atoms with Gasteiger partial charge in [0, 0.05) is 0 Å². The van der Waals surface area contributed by atoms with E-state index in [9.17, 15) is 0 Å². The lowest BCUT2D eigenvalue weighted by molar-refractivity contribution is 0.835. The number of imidazole rings is 1. The molecule has 0 aliphatic carbocycles. The zero-order valence-corrected chi connectivity index (χ0v) is 8.71. The summed E-state index contributed by atoms with van der Waals surface area (Å²) in [5.41, 5.74) is 7.59. The van der Waals surface area contributed by atoms with Gasteiger partial charge in [-0.15, -0.1) is 0 Å². The Hall–Kier alpha value is -1.42. The topological polar surface area (TPSA) is 43.8 Å². The van der Waals surface area contributed by atoms with Crippen LogP contribution in [0.25, 0.3) is 11.0 Å². The van der Waals surface area contributed by atoms with E-state index in [1.54, 1.807) is 0 Å². The number of nitrogens with two attached hydrogens (primary N) is 1. The number of aryl methyl sites for hydroxylation is 1. The van der Waals surface area contributed by atoms with E-state index in [0.29, 0.717) is 11.5 Å². The minimum Gasteiger partial charge on any atom is -0.392 e. The minimum absolute atomic E-state index is 0.483. The highest BCUT2D eigenvalue weighted by atomic mass is 32.1. The molecule has 72 valence electrons. The van der Waals surface area contributed by atoms with Crippen LogP contribution in [0.1, 0.15) is 5.82 Å². The van der Waals surface area contributed by atoms with Gasteiger partial charge >= 0.3 is 0 Å². The van der Waals surface area contributed by atoms with Crippen LogP contribution in [0.2, 0.25) is 0 Å². The van der Waals surface area contributed by atoms with Crippen LogP contribution in [-0.4, -0.2) is 14.5 Å². The second-order valence-corrected chi connectivity index (χ2v) is 3.72. The van der Waals surface area contributed by atoms with Crippen molar-refractivity contribution in [2.75, 3.05) is 0 Å². The molecule has 2 rings (SSSR count). The molecule has 1 aromatic heterocycles. The summed E-state index contributed by atoms with van der Waals surface area (Å²) in [7, 11) is 0. The summed E-state index contributed by atoms with van der Waals surface area (Å²) in [5.74, 6) is 0.944. The lowest BCUT2D eigenvalue weighted by Gasteiger charge is -2.04. The maximum atomic E-state index is 5.53. The lowest BCUT2D eigenvalue weighted by Crippen LogP contribution is -2.17. The van der Waals surface area contributed by atoms with E-state index in [-0.39, 0.29) is 0 Å². The predicted molar refractivity (Wildman–Crippen MR) is 61.3 cm³/mol. The zero-order chi connectivity index (χ0) is 10.1. The number of benzene rings is 1. The number of thiocarbonyl (C=S) groups is 1. The number of nitrogens with zero attached hydrogens (tertiary/aromatic N) is 2. The summed E-state index contributed by atoms with van der Waals surface area (Å²) < 4.78 is 2.03. The van der Waals surface area contributed by atoms with Crippen molar-refractivity contribution in [3.05, 3.63) is 30.1 Å². The van der Waals surface area contributed by atoms with Gasteiger partial charge in [-0.05, 0) is 19.1 Å². The molecule has 0 saturated heterocycles. The predicted octanol–water partition coefficient (Wildman–Crippen LogP) is 1.63. The van der Waals surface area contributed by atoms with Gasteiger partial charge in [-0.1, -0.05) is 24.4 Å². The fourth-order valence-corrected chi connectivity index (χ4v) is 1.68. The summed E-state index contributed by atoms with van der Waals surface area (Å²) >= 11 is 4.90. The molecule has 4 heteroatoms. The second kappa shape index (κ2) is 3.38. The highest BCUT2D eigenvalue weighted by Gasteiger charge is 2.06. The molecular formula is C10H11N3S. The zero-order valence-electron chi connectivity index (χ0n) is 7.90. The number of hydrogen-bond acceptors (Lipinski definition) is 2. The van der Waals surface area contributed by atoms with Crippen LogP contribution in [0.3, 0.4) is 0 Å². The Morgan fingerprint density at radius 2 is 2.21 bits per heavy atom. The highest BCUT2D eigenvalue weighted by Crippen LogP contribution is 2.14. The Labute approximate surface area is 87.5 Å². The average molecular weight is 205 g/mol. The SMILES string of the molecule is Cc1nc2ccccc2n1CC(N)=S. The third kappa shape index (κ3) is 1.48. The molecule has 0 saturated carbocycles. The van der Waals surface area contributed by atoms with Crippen molar-refractivity contribution >= 4 is 28.2 Å². The Bertz CT molecular complexity index is 487. The summed E-state index contributed by atoms with van der Waals surface area (Å²) in [5, 5.41) is 0. The van der Waals surface area contributed by atoms with Gasteiger partial charge in [0.15, 0.2) is 0 Å². The van der Waals surface area contributed by atoms with E-state index in [1.165, 1.54) is 0 Å². The number of rotatable bonds is 2. The van der Waals surface area contributed by atoms with Crippen LogP contribution < -0.4 is 5.73 Å². The van der Waals surface area contributed by atoms with Gasteiger partial charge in [-0.2, -0.15) is 0 Å². The van der Waals surface area contributed by atoms with Crippen LogP contribution >= 0.6 is 12.2 Å². The summed E-state index contributed by atoms with van der Waals surface area (Å²) in [6.45, 7) is 2.51. The molecule has 3 nitrogen and oxygen atoms in total. The van der Waals surface area contributed by atoms with E-state index in [2.05, 4.69) is 4.98 Å².